The number of carbonyl (C=O) groups excluding carboxylic acids is 1. The van der Waals surface area contributed by atoms with E-state index in [1.807, 2.05) is 0 Å². The van der Waals surface area contributed by atoms with Gasteiger partial charge in [-0.3, -0.25) is 9.79 Å². The fraction of sp³-hybridized carbons (Fsp3) is 0.600. The number of guanidine groups is 1. The molecule has 1 aromatic rings. The van der Waals surface area contributed by atoms with Gasteiger partial charge in [-0.25, -0.2) is 0 Å². The van der Waals surface area contributed by atoms with Crippen molar-refractivity contribution in [2.45, 2.75) is 32.2 Å². The third-order valence-corrected chi connectivity index (χ3v) is 4.75. The summed E-state index contributed by atoms with van der Waals surface area (Å²) in [5.74, 6) is 1.44. The van der Waals surface area contributed by atoms with E-state index < -0.39 is 0 Å². The van der Waals surface area contributed by atoms with Crippen LogP contribution in [0.4, 0.5) is 0 Å². The molecule has 1 saturated heterocycles. The molecule has 1 amide bonds. The molecular formula is C20H33N5O2. The van der Waals surface area contributed by atoms with E-state index in [0.717, 1.165) is 37.6 Å². The highest BCUT2D eigenvalue weighted by Crippen LogP contribution is 2.11. The molecule has 0 unspecified atom stereocenters. The molecule has 27 heavy (non-hydrogen) atoms. The molecule has 2 rings (SSSR count). The van der Waals surface area contributed by atoms with Crippen LogP contribution >= 0.6 is 0 Å². The SMILES string of the molecule is CCCN1CCC(NC(=NC)NCCNC(=O)c2ccc(OC)cc2)CC1. The number of benzene rings is 1. The van der Waals surface area contributed by atoms with Crippen LogP contribution in [0.1, 0.15) is 36.5 Å². The molecule has 3 N–H and O–H groups in total. The van der Waals surface area contributed by atoms with Crippen molar-refractivity contribution in [1.82, 2.24) is 20.9 Å². The quantitative estimate of drug-likeness (QED) is 0.364. The van der Waals surface area contributed by atoms with E-state index >= 15 is 0 Å². The number of carbonyl (C=O) groups is 1. The van der Waals surface area contributed by atoms with Crippen LogP contribution in [0.2, 0.25) is 0 Å². The summed E-state index contributed by atoms with van der Waals surface area (Å²) in [5, 5.41) is 9.66. The van der Waals surface area contributed by atoms with Crippen LogP contribution in [0, 0.1) is 0 Å². The second kappa shape index (κ2) is 11.4. The average molecular weight is 376 g/mol. The highest BCUT2D eigenvalue weighted by molar-refractivity contribution is 5.94. The first kappa shape index (κ1) is 21.0. The standard InChI is InChI=1S/C20H33N5O2/c1-4-13-25-14-9-17(10-15-25)24-20(21-2)23-12-11-22-19(26)16-5-7-18(27-3)8-6-16/h5-8,17H,4,9-15H2,1-3H3,(H,22,26)(H2,21,23,24). The van der Waals surface area contributed by atoms with E-state index in [2.05, 4.69) is 32.8 Å². The number of hydrogen-bond acceptors (Lipinski definition) is 4. The van der Waals surface area contributed by atoms with Crippen molar-refractivity contribution in [3.8, 4) is 5.75 Å². The summed E-state index contributed by atoms with van der Waals surface area (Å²) in [6.45, 7) is 6.84. The van der Waals surface area contributed by atoms with Crippen molar-refractivity contribution in [2.24, 2.45) is 4.99 Å². The number of rotatable bonds is 8. The summed E-state index contributed by atoms with van der Waals surface area (Å²) in [7, 11) is 3.38. The zero-order valence-electron chi connectivity index (χ0n) is 16.8. The highest BCUT2D eigenvalue weighted by atomic mass is 16.5. The van der Waals surface area contributed by atoms with Gasteiger partial charge in [-0.2, -0.15) is 0 Å². The summed E-state index contributed by atoms with van der Waals surface area (Å²) in [6.07, 6.45) is 3.48. The molecule has 1 heterocycles. The fourth-order valence-corrected chi connectivity index (χ4v) is 3.21. The number of nitrogens with zero attached hydrogens (tertiary/aromatic N) is 2. The second-order valence-corrected chi connectivity index (χ2v) is 6.74. The van der Waals surface area contributed by atoms with Crippen LogP contribution in [0.3, 0.4) is 0 Å². The summed E-state index contributed by atoms with van der Waals surface area (Å²) in [5.41, 5.74) is 0.622. The molecule has 0 spiro atoms. The van der Waals surface area contributed by atoms with Gasteiger partial charge in [-0.15, -0.1) is 0 Å². The minimum absolute atomic E-state index is 0.0919. The predicted molar refractivity (Wildman–Crippen MR) is 110 cm³/mol. The number of ether oxygens (including phenoxy) is 1. The van der Waals surface area contributed by atoms with Crippen molar-refractivity contribution < 1.29 is 9.53 Å². The van der Waals surface area contributed by atoms with Crippen molar-refractivity contribution >= 4 is 11.9 Å². The van der Waals surface area contributed by atoms with Crippen molar-refractivity contribution in [3.63, 3.8) is 0 Å². The number of hydrogen-bond donors (Lipinski definition) is 3. The highest BCUT2D eigenvalue weighted by Gasteiger charge is 2.19. The zero-order chi connectivity index (χ0) is 19.5. The molecule has 7 heteroatoms. The number of likely N-dealkylation sites (tertiary alicyclic amines) is 1. The third-order valence-electron chi connectivity index (χ3n) is 4.75. The van der Waals surface area contributed by atoms with Gasteiger partial charge in [0, 0.05) is 44.8 Å². The number of nitrogens with one attached hydrogen (secondary N) is 3. The van der Waals surface area contributed by atoms with Crippen LogP contribution < -0.4 is 20.7 Å². The Morgan fingerprint density at radius 2 is 1.85 bits per heavy atom. The van der Waals surface area contributed by atoms with E-state index in [9.17, 15) is 4.79 Å². The third kappa shape index (κ3) is 7.09. The molecule has 0 saturated carbocycles. The van der Waals surface area contributed by atoms with E-state index in [4.69, 9.17) is 4.74 Å². The summed E-state index contributed by atoms with van der Waals surface area (Å²) in [6, 6.07) is 7.54. The first-order valence-corrected chi connectivity index (χ1v) is 9.78. The van der Waals surface area contributed by atoms with E-state index in [0.29, 0.717) is 24.7 Å². The number of piperidine rings is 1. The Labute approximate surface area is 162 Å². The van der Waals surface area contributed by atoms with Gasteiger partial charge < -0.3 is 25.6 Å². The smallest absolute Gasteiger partial charge is 0.251 e. The molecule has 1 aliphatic rings. The lowest BCUT2D eigenvalue weighted by Crippen LogP contribution is -2.49. The van der Waals surface area contributed by atoms with Crippen molar-refractivity contribution in [1.29, 1.82) is 0 Å². The molecule has 1 aromatic carbocycles. The molecule has 0 atom stereocenters. The number of aliphatic imine (C=N–C) groups is 1. The van der Waals surface area contributed by atoms with Gasteiger partial charge in [-0.1, -0.05) is 6.92 Å². The Morgan fingerprint density at radius 1 is 1.19 bits per heavy atom. The molecular weight excluding hydrogens is 342 g/mol. The largest absolute Gasteiger partial charge is 0.497 e. The molecule has 1 aliphatic heterocycles. The Balaban J connectivity index is 1.65. The van der Waals surface area contributed by atoms with Gasteiger partial charge >= 0.3 is 0 Å². The van der Waals surface area contributed by atoms with Crippen LogP contribution in [-0.4, -0.2) is 69.7 Å². The first-order chi connectivity index (χ1) is 13.2. The Morgan fingerprint density at radius 3 is 2.44 bits per heavy atom. The van der Waals surface area contributed by atoms with Gasteiger partial charge in [0.05, 0.1) is 7.11 Å². The van der Waals surface area contributed by atoms with E-state index in [1.54, 1.807) is 38.4 Å². The Bertz CT molecular complexity index is 595. The molecule has 0 aromatic heterocycles. The van der Waals surface area contributed by atoms with Crippen molar-refractivity contribution in [3.05, 3.63) is 29.8 Å². The van der Waals surface area contributed by atoms with Gasteiger partial charge in [0.25, 0.3) is 5.91 Å². The van der Waals surface area contributed by atoms with E-state index in [1.165, 1.54) is 13.0 Å². The average Bonchev–Trinajstić information content (AvgIpc) is 2.71. The molecule has 7 nitrogen and oxygen atoms in total. The minimum Gasteiger partial charge on any atom is -0.497 e. The fourth-order valence-electron chi connectivity index (χ4n) is 3.21. The van der Waals surface area contributed by atoms with E-state index in [-0.39, 0.29) is 5.91 Å². The maximum atomic E-state index is 12.1. The normalized spacial score (nSPS) is 16.0. The topological polar surface area (TPSA) is 78.0 Å². The maximum Gasteiger partial charge on any atom is 0.251 e. The number of methoxy groups -OCH3 is 1. The maximum absolute atomic E-state index is 12.1. The summed E-state index contributed by atoms with van der Waals surface area (Å²) in [4.78, 5) is 18.9. The molecule has 0 aliphatic carbocycles. The lowest BCUT2D eigenvalue weighted by molar-refractivity contribution is 0.0954. The van der Waals surface area contributed by atoms with Crippen LogP contribution in [-0.2, 0) is 0 Å². The van der Waals surface area contributed by atoms with Crippen LogP contribution in [0.15, 0.2) is 29.3 Å². The Kier molecular flexibility index (Phi) is 8.91. The molecule has 0 radical (unpaired) electrons. The predicted octanol–water partition coefficient (Wildman–Crippen LogP) is 1.46. The van der Waals surface area contributed by atoms with Gasteiger partial charge in [0.1, 0.15) is 5.75 Å². The molecule has 1 fully saturated rings. The van der Waals surface area contributed by atoms with Crippen LogP contribution in [0.5, 0.6) is 5.75 Å². The molecule has 150 valence electrons. The lowest BCUT2D eigenvalue weighted by Gasteiger charge is -2.32. The summed E-state index contributed by atoms with van der Waals surface area (Å²) < 4.78 is 5.10. The summed E-state index contributed by atoms with van der Waals surface area (Å²) >= 11 is 0. The first-order valence-electron chi connectivity index (χ1n) is 9.78. The van der Waals surface area contributed by atoms with Crippen LogP contribution in [0.25, 0.3) is 0 Å². The zero-order valence-corrected chi connectivity index (χ0v) is 16.8. The Hall–Kier alpha value is -2.28. The van der Waals surface area contributed by atoms with Gasteiger partial charge in [-0.05, 0) is 50.1 Å². The van der Waals surface area contributed by atoms with Crippen molar-refractivity contribution in [2.75, 3.05) is 46.9 Å². The number of amides is 1. The second-order valence-electron chi connectivity index (χ2n) is 6.74. The molecule has 0 bridgehead atoms. The van der Waals surface area contributed by atoms with Gasteiger partial charge in [0.2, 0.25) is 0 Å². The van der Waals surface area contributed by atoms with Gasteiger partial charge in [0.15, 0.2) is 5.96 Å². The lowest BCUT2D eigenvalue weighted by atomic mass is 10.1. The minimum atomic E-state index is -0.0919. The monoisotopic (exact) mass is 375 g/mol.